The van der Waals surface area contributed by atoms with Crippen molar-refractivity contribution in [1.82, 2.24) is 4.90 Å². The van der Waals surface area contributed by atoms with Crippen LogP contribution in [0.15, 0.2) is 36.4 Å². The Morgan fingerprint density at radius 1 is 1.18 bits per heavy atom. The van der Waals surface area contributed by atoms with Crippen molar-refractivity contribution in [2.45, 2.75) is 32.1 Å². The molecule has 0 spiro atoms. The van der Waals surface area contributed by atoms with Gasteiger partial charge in [0.25, 0.3) is 0 Å². The summed E-state index contributed by atoms with van der Waals surface area (Å²) in [5, 5.41) is 9.34. The lowest BCUT2D eigenvalue weighted by molar-refractivity contribution is -0.159. The first-order valence-corrected chi connectivity index (χ1v) is 7.86. The van der Waals surface area contributed by atoms with Crippen LogP contribution < -0.4 is 0 Å². The lowest BCUT2D eigenvalue weighted by Crippen LogP contribution is -2.44. The fourth-order valence-corrected chi connectivity index (χ4v) is 3.28. The third-order valence-corrected chi connectivity index (χ3v) is 4.96. The van der Waals surface area contributed by atoms with E-state index in [1.54, 1.807) is 4.90 Å². The van der Waals surface area contributed by atoms with Gasteiger partial charge in [-0.3, -0.25) is 9.59 Å². The van der Waals surface area contributed by atoms with Crippen molar-refractivity contribution in [3.05, 3.63) is 42.0 Å². The minimum absolute atomic E-state index is 0.0227. The van der Waals surface area contributed by atoms with Crippen LogP contribution in [0.4, 0.5) is 0 Å². The number of carboxylic acid groups (broad SMARTS) is 1. The van der Waals surface area contributed by atoms with Crippen LogP contribution in [0.5, 0.6) is 0 Å². The Labute approximate surface area is 130 Å². The quantitative estimate of drug-likeness (QED) is 0.930. The maximum atomic E-state index is 12.4. The second-order valence-corrected chi connectivity index (χ2v) is 6.30. The van der Waals surface area contributed by atoms with Crippen LogP contribution in [-0.2, 0) is 9.59 Å². The Hall–Kier alpha value is -2.10. The summed E-state index contributed by atoms with van der Waals surface area (Å²) in [6.07, 6.45) is 5.25. The van der Waals surface area contributed by atoms with Crippen molar-refractivity contribution in [3.63, 3.8) is 0 Å². The van der Waals surface area contributed by atoms with E-state index in [9.17, 15) is 14.7 Å². The van der Waals surface area contributed by atoms with Crippen molar-refractivity contribution >= 4 is 17.4 Å². The Morgan fingerprint density at radius 3 is 2.41 bits per heavy atom. The van der Waals surface area contributed by atoms with Gasteiger partial charge in [0.05, 0.1) is 5.41 Å². The molecule has 4 nitrogen and oxygen atoms in total. The van der Waals surface area contributed by atoms with Crippen molar-refractivity contribution < 1.29 is 14.7 Å². The second kappa shape index (κ2) is 5.95. The fourth-order valence-electron chi connectivity index (χ4n) is 3.28. The topological polar surface area (TPSA) is 57.6 Å². The standard InChI is InChI=1S/C18H21NO3/c20-16(13-18(17(21)22)9-4-10-18)19-11-7-15(8-12-19)14-5-2-1-3-6-14/h1-3,5-7H,4,8-13H2,(H,21,22). The zero-order valence-corrected chi connectivity index (χ0v) is 12.6. The highest BCUT2D eigenvalue weighted by molar-refractivity contribution is 5.86. The number of rotatable bonds is 4. The van der Waals surface area contributed by atoms with E-state index in [4.69, 9.17) is 0 Å². The predicted molar refractivity (Wildman–Crippen MR) is 84.2 cm³/mol. The van der Waals surface area contributed by atoms with Gasteiger partial charge in [-0.1, -0.05) is 42.8 Å². The highest BCUT2D eigenvalue weighted by Gasteiger charge is 2.46. The average Bonchev–Trinajstić information content (AvgIpc) is 2.51. The smallest absolute Gasteiger partial charge is 0.310 e. The Kier molecular flexibility index (Phi) is 4.01. The second-order valence-electron chi connectivity index (χ2n) is 6.30. The van der Waals surface area contributed by atoms with Crippen LogP contribution >= 0.6 is 0 Å². The lowest BCUT2D eigenvalue weighted by Gasteiger charge is -2.39. The van der Waals surface area contributed by atoms with Crippen LogP contribution in [0.3, 0.4) is 0 Å². The molecule has 0 atom stereocenters. The van der Waals surface area contributed by atoms with E-state index in [1.807, 2.05) is 18.2 Å². The van der Waals surface area contributed by atoms with Gasteiger partial charge in [-0.2, -0.15) is 0 Å². The number of aliphatic carboxylic acids is 1. The van der Waals surface area contributed by atoms with Crippen molar-refractivity contribution in [2.24, 2.45) is 5.41 Å². The summed E-state index contributed by atoms with van der Waals surface area (Å²) in [5.41, 5.74) is 1.68. The Bertz CT molecular complexity index is 602. The lowest BCUT2D eigenvalue weighted by atomic mass is 9.66. The summed E-state index contributed by atoms with van der Waals surface area (Å²) >= 11 is 0. The van der Waals surface area contributed by atoms with E-state index >= 15 is 0 Å². The van der Waals surface area contributed by atoms with Gasteiger partial charge in [-0.05, 0) is 30.4 Å². The fraction of sp³-hybridized carbons (Fsp3) is 0.444. The van der Waals surface area contributed by atoms with E-state index in [1.165, 1.54) is 11.1 Å². The van der Waals surface area contributed by atoms with Crippen LogP contribution in [0.2, 0.25) is 0 Å². The molecular weight excluding hydrogens is 278 g/mol. The summed E-state index contributed by atoms with van der Waals surface area (Å²) in [4.78, 5) is 25.6. The molecule has 4 heteroatoms. The van der Waals surface area contributed by atoms with Gasteiger partial charge in [0, 0.05) is 19.5 Å². The molecule has 22 heavy (non-hydrogen) atoms. The van der Waals surface area contributed by atoms with E-state index in [-0.39, 0.29) is 12.3 Å². The van der Waals surface area contributed by atoms with Gasteiger partial charge in [0.15, 0.2) is 0 Å². The molecule has 1 aromatic carbocycles. The number of carbonyl (C=O) groups is 2. The molecule has 1 N–H and O–H groups in total. The van der Waals surface area contributed by atoms with E-state index < -0.39 is 11.4 Å². The van der Waals surface area contributed by atoms with Gasteiger partial charge >= 0.3 is 5.97 Å². The summed E-state index contributed by atoms with van der Waals surface area (Å²) in [6, 6.07) is 10.2. The van der Waals surface area contributed by atoms with Crippen molar-refractivity contribution in [1.29, 1.82) is 0 Å². The molecule has 1 amide bonds. The minimum Gasteiger partial charge on any atom is -0.481 e. The molecule has 1 aromatic rings. The molecule has 0 unspecified atom stereocenters. The van der Waals surface area contributed by atoms with E-state index in [2.05, 4.69) is 18.2 Å². The molecular formula is C18H21NO3. The van der Waals surface area contributed by atoms with Gasteiger partial charge in [0.1, 0.15) is 0 Å². The molecule has 1 aliphatic heterocycles. The molecule has 1 aliphatic carbocycles. The van der Waals surface area contributed by atoms with Crippen LogP contribution in [0.25, 0.3) is 5.57 Å². The van der Waals surface area contributed by atoms with Gasteiger partial charge in [0.2, 0.25) is 5.91 Å². The minimum atomic E-state index is -0.815. The number of carbonyl (C=O) groups excluding carboxylic acids is 1. The number of hydrogen-bond acceptors (Lipinski definition) is 2. The molecule has 0 aromatic heterocycles. The SMILES string of the molecule is O=C(CC1(C(=O)O)CCC1)N1CC=C(c2ccccc2)CC1. The predicted octanol–water partition coefficient (Wildman–Crippen LogP) is 2.95. The highest BCUT2D eigenvalue weighted by Crippen LogP contribution is 2.44. The summed E-state index contributed by atoms with van der Waals surface area (Å²) in [5.74, 6) is -0.838. The van der Waals surface area contributed by atoms with E-state index in [0.29, 0.717) is 25.9 Å². The Balaban J connectivity index is 1.62. The molecule has 1 fully saturated rings. The molecule has 2 aliphatic rings. The molecule has 1 heterocycles. The molecule has 3 rings (SSSR count). The summed E-state index contributed by atoms with van der Waals surface area (Å²) < 4.78 is 0. The number of benzene rings is 1. The summed E-state index contributed by atoms with van der Waals surface area (Å²) in [7, 11) is 0. The van der Waals surface area contributed by atoms with Crippen LogP contribution in [-0.4, -0.2) is 35.0 Å². The molecule has 1 saturated carbocycles. The van der Waals surface area contributed by atoms with Crippen LogP contribution in [0, 0.1) is 5.41 Å². The van der Waals surface area contributed by atoms with Gasteiger partial charge in [-0.15, -0.1) is 0 Å². The van der Waals surface area contributed by atoms with Gasteiger partial charge < -0.3 is 10.0 Å². The normalized spacial score (nSPS) is 20.0. The number of nitrogens with zero attached hydrogens (tertiary/aromatic N) is 1. The first-order valence-electron chi connectivity index (χ1n) is 7.86. The third kappa shape index (κ3) is 2.78. The third-order valence-electron chi connectivity index (χ3n) is 4.96. The largest absolute Gasteiger partial charge is 0.481 e. The summed E-state index contributed by atoms with van der Waals surface area (Å²) in [6.45, 7) is 1.26. The highest BCUT2D eigenvalue weighted by atomic mass is 16.4. The zero-order chi connectivity index (χ0) is 15.6. The molecule has 0 bridgehead atoms. The molecule has 0 radical (unpaired) electrons. The maximum Gasteiger partial charge on any atom is 0.310 e. The monoisotopic (exact) mass is 299 g/mol. The number of hydrogen-bond donors (Lipinski definition) is 1. The first-order chi connectivity index (χ1) is 10.6. The molecule has 116 valence electrons. The number of carboxylic acids is 1. The number of amides is 1. The van der Waals surface area contributed by atoms with Crippen LogP contribution in [0.1, 0.15) is 37.7 Å². The van der Waals surface area contributed by atoms with Gasteiger partial charge in [-0.25, -0.2) is 0 Å². The molecule has 0 saturated heterocycles. The van der Waals surface area contributed by atoms with Crippen molar-refractivity contribution in [2.75, 3.05) is 13.1 Å². The Morgan fingerprint density at radius 2 is 1.91 bits per heavy atom. The van der Waals surface area contributed by atoms with Crippen molar-refractivity contribution in [3.8, 4) is 0 Å². The van der Waals surface area contributed by atoms with E-state index in [0.717, 1.165) is 12.8 Å². The maximum absolute atomic E-state index is 12.4. The first kappa shape index (κ1) is 14.8. The zero-order valence-electron chi connectivity index (χ0n) is 12.6. The average molecular weight is 299 g/mol.